The van der Waals surface area contributed by atoms with Gasteiger partial charge in [-0.3, -0.25) is 0 Å². The highest BCUT2D eigenvalue weighted by molar-refractivity contribution is 5.32. The Bertz CT molecular complexity index is 289. The van der Waals surface area contributed by atoms with Crippen LogP contribution in [0.1, 0.15) is 25.7 Å². The SMILES string of the molecule is COc1cccc(OCCCCCCN)c1. The molecular formula is C13H21NO2. The lowest BCUT2D eigenvalue weighted by atomic mass is 10.2. The molecule has 1 rings (SSSR count). The molecule has 3 nitrogen and oxygen atoms in total. The summed E-state index contributed by atoms with van der Waals surface area (Å²) >= 11 is 0. The highest BCUT2D eigenvalue weighted by atomic mass is 16.5. The van der Waals surface area contributed by atoms with Gasteiger partial charge in [-0.2, -0.15) is 0 Å². The first-order chi connectivity index (χ1) is 7.86. The average Bonchev–Trinajstić information content (AvgIpc) is 2.34. The minimum absolute atomic E-state index is 0.762. The quantitative estimate of drug-likeness (QED) is 0.689. The molecule has 0 unspecified atom stereocenters. The van der Waals surface area contributed by atoms with Crippen molar-refractivity contribution in [3.8, 4) is 11.5 Å². The van der Waals surface area contributed by atoms with Crippen molar-refractivity contribution in [1.29, 1.82) is 0 Å². The molecule has 0 saturated carbocycles. The molecule has 0 atom stereocenters. The number of nitrogens with two attached hydrogens (primary N) is 1. The number of benzene rings is 1. The highest BCUT2D eigenvalue weighted by Crippen LogP contribution is 2.19. The van der Waals surface area contributed by atoms with Gasteiger partial charge in [-0.05, 0) is 31.5 Å². The fourth-order valence-corrected chi connectivity index (χ4v) is 1.48. The zero-order valence-electron chi connectivity index (χ0n) is 9.95. The second-order valence-corrected chi connectivity index (χ2v) is 3.73. The van der Waals surface area contributed by atoms with E-state index in [1.807, 2.05) is 24.3 Å². The van der Waals surface area contributed by atoms with Crippen LogP contribution in [0.2, 0.25) is 0 Å². The summed E-state index contributed by atoms with van der Waals surface area (Å²) in [4.78, 5) is 0. The number of ether oxygens (including phenoxy) is 2. The molecule has 0 fully saturated rings. The van der Waals surface area contributed by atoms with Crippen LogP contribution >= 0.6 is 0 Å². The Kier molecular flexibility index (Phi) is 6.42. The van der Waals surface area contributed by atoms with Gasteiger partial charge >= 0.3 is 0 Å². The Morgan fingerprint density at radius 2 is 1.81 bits per heavy atom. The predicted octanol–water partition coefficient (Wildman–Crippen LogP) is 2.59. The lowest BCUT2D eigenvalue weighted by Crippen LogP contribution is -2.00. The second kappa shape index (κ2) is 7.99. The van der Waals surface area contributed by atoms with E-state index in [1.165, 1.54) is 12.8 Å². The molecule has 16 heavy (non-hydrogen) atoms. The maximum absolute atomic E-state index is 5.62. The summed E-state index contributed by atoms with van der Waals surface area (Å²) in [5.74, 6) is 1.71. The van der Waals surface area contributed by atoms with Crippen LogP contribution in [-0.2, 0) is 0 Å². The van der Waals surface area contributed by atoms with Crippen molar-refractivity contribution in [3.63, 3.8) is 0 Å². The van der Waals surface area contributed by atoms with Crippen LogP contribution in [-0.4, -0.2) is 20.3 Å². The van der Waals surface area contributed by atoms with E-state index >= 15 is 0 Å². The van der Waals surface area contributed by atoms with Crippen molar-refractivity contribution in [2.24, 2.45) is 5.73 Å². The van der Waals surface area contributed by atoms with Gasteiger partial charge in [0.2, 0.25) is 0 Å². The predicted molar refractivity (Wildman–Crippen MR) is 66.0 cm³/mol. The molecule has 0 heterocycles. The molecule has 1 aromatic rings. The minimum Gasteiger partial charge on any atom is -0.497 e. The molecule has 0 saturated heterocycles. The largest absolute Gasteiger partial charge is 0.497 e. The van der Waals surface area contributed by atoms with Gasteiger partial charge < -0.3 is 15.2 Å². The number of hydrogen-bond acceptors (Lipinski definition) is 3. The van der Waals surface area contributed by atoms with Crippen molar-refractivity contribution < 1.29 is 9.47 Å². The second-order valence-electron chi connectivity index (χ2n) is 3.73. The number of methoxy groups -OCH3 is 1. The third-order valence-electron chi connectivity index (χ3n) is 2.41. The molecule has 0 aliphatic rings. The van der Waals surface area contributed by atoms with Gasteiger partial charge in [0, 0.05) is 6.07 Å². The van der Waals surface area contributed by atoms with Gasteiger partial charge in [-0.1, -0.05) is 18.9 Å². The van der Waals surface area contributed by atoms with Crippen LogP contribution in [0.3, 0.4) is 0 Å². The van der Waals surface area contributed by atoms with E-state index in [1.54, 1.807) is 7.11 Å². The van der Waals surface area contributed by atoms with Crippen molar-refractivity contribution in [2.75, 3.05) is 20.3 Å². The average molecular weight is 223 g/mol. The van der Waals surface area contributed by atoms with E-state index in [0.29, 0.717) is 0 Å². The first kappa shape index (κ1) is 12.8. The van der Waals surface area contributed by atoms with Crippen LogP contribution in [0, 0.1) is 0 Å². The van der Waals surface area contributed by atoms with E-state index < -0.39 is 0 Å². The summed E-state index contributed by atoms with van der Waals surface area (Å²) in [5.41, 5.74) is 5.42. The summed E-state index contributed by atoms with van der Waals surface area (Å²) in [6.07, 6.45) is 4.56. The highest BCUT2D eigenvalue weighted by Gasteiger charge is 1.96. The smallest absolute Gasteiger partial charge is 0.122 e. The standard InChI is InChI=1S/C13H21NO2/c1-15-12-7-6-8-13(11-12)16-10-5-3-2-4-9-14/h6-8,11H,2-5,9-10,14H2,1H3. The molecule has 0 spiro atoms. The van der Waals surface area contributed by atoms with Gasteiger partial charge in [0.1, 0.15) is 11.5 Å². The minimum atomic E-state index is 0.762. The van der Waals surface area contributed by atoms with E-state index in [4.69, 9.17) is 15.2 Å². The zero-order chi connectivity index (χ0) is 11.6. The van der Waals surface area contributed by atoms with E-state index in [-0.39, 0.29) is 0 Å². The van der Waals surface area contributed by atoms with Gasteiger partial charge in [-0.25, -0.2) is 0 Å². The number of hydrogen-bond donors (Lipinski definition) is 1. The molecule has 3 heteroatoms. The molecular weight excluding hydrogens is 202 g/mol. The maximum atomic E-state index is 5.62. The van der Waals surface area contributed by atoms with Gasteiger partial charge in [0.05, 0.1) is 13.7 Å². The Balaban J connectivity index is 2.16. The van der Waals surface area contributed by atoms with Crippen molar-refractivity contribution >= 4 is 0 Å². The Labute approximate surface area is 97.6 Å². The fourth-order valence-electron chi connectivity index (χ4n) is 1.48. The molecule has 0 amide bonds. The summed E-state index contributed by atoms with van der Waals surface area (Å²) in [5, 5.41) is 0. The molecule has 90 valence electrons. The third kappa shape index (κ3) is 5.03. The van der Waals surface area contributed by atoms with Gasteiger partial charge in [-0.15, -0.1) is 0 Å². The summed E-state index contributed by atoms with van der Waals surface area (Å²) < 4.78 is 10.7. The molecule has 0 aliphatic carbocycles. The van der Waals surface area contributed by atoms with Crippen LogP contribution in [0.5, 0.6) is 11.5 Å². The van der Waals surface area contributed by atoms with Crippen LogP contribution < -0.4 is 15.2 Å². The normalized spacial score (nSPS) is 10.1. The van der Waals surface area contributed by atoms with Crippen molar-refractivity contribution in [3.05, 3.63) is 24.3 Å². The third-order valence-corrected chi connectivity index (χ3v) is 2.41. The molecule has 0 bridgehead atoms. The Morgan fingerprint density at radius 3 is 2.56 bits per heavy atom. The molecule has 0 radical (unpaired) electrons. The maximum Gasteiger partial charge on any atom is 0.122 e. The van der Waals surface area contributed by atoms with E-state index in [0.717, 1.165) is 37.5 Å². The Hall–Kier alpha value is -1.22. The van der Waals surface area contributed by atoms with Gasteiger partial charge in [0.25, 0.3) is 0 Å². The summed E-state index contributed by atoms with van der Waals surface area (Å²) in [6, 6.07) is 7.69. The fraction of sp³-hybridized carbons (Fsp3) is 0.538. The summed E-state index contributed by atoms with van der Waals surface area (Å²) in [6.45, 7) is 1.55. The van der Waals surface area contributed by atoms with Crippen molar-refractivity contribution in [1.82, 2.24) is 0 Å². The van der Waals surface area contributed by atoms with E-state index in [2.05, 4.69) is 0 Å². The molecule has 1 aromatic carbocycles. The summed E-state index contributed by atoms with van der Waals surface area (Å²) in [7, 11) is 1.66. The first-order valence-electron chi connectivity index (χ1n) is 5.83. The number of unbranched alkanes of at least 4 members (excludes halogenated alkanes) is 3. The Morgan fingerprint density at radius 1 is 1.06 bits per heavy atom. The lowest BCUT2D eigenvalue weighted by Gasteiger charge is -2.07. The molecule has 0 aliphatic heterocycles. The zero-order valence-corrected chi connectivity index (χ0v) is 9.95. The first-order valence-corrected chi connectivity index (χ1v) is 5.83. The monoisotopic (exact) mass is 223 g/mol. The van der Waals surface area contributed by atoms with Gasteiger partial charge in [0.15, 0.2) is 0 Å². The topological polar surface area (TPSA) is 44.5 Å². The lowest BCUT2D eigenvalue weighted by molar-refractivity contribution is 0.302. The van der Waals surface area contributed by atoms with Crippen LogP contribution in [0.4, 0.5) is 0 Å². The van der Waals surface area contributed by atoms with E-state index in [9.17, 15) is 0 Å². The number of rotatable bonds is 8. The van der Waals surface area contributed by atoms with Crippen LogP contribution in [0.25, 0.3) is 0 Å². The molecule has 2 N–H and O–H groups in total. The van der Waals surface area contributed by atoms with Crippen molar-refractivity contribution in [2.45, 2.75) is 25.7 Å². The molecule has 0 aromatic heterocycles. The van der Waals surface area contributed by atoms with Crippen LogP contribution in [0.15, 0.2) is 24.3 Å².